The molecule has 1 fully saturated rings. The molecule has 0 bridgehead atoms. The number of aliphatic hydroxyl groups is 1. The smallest absolute Gasteiger partial charge is 0.0853 e. The maximum atomic E-state index is 8.94. The Morgan fingerprint density at radius 3 is 2.36 bits per heavy atom. The Morgan fingerprint density at radius 1 is 1.36 bits per heavy atom. The van der Waals surface area contributed by atoms with E-state index in [-0.39, 0.29) is 0 Å². The number of nitrogens with two attached hydrogens (primary N) is 1. The number of allylic oxidation sites excluding steroid dienone is 1. The van der Waals surface area contributed by atoms with Crippen LogP contribution < -0.4 is 5.73 Å². The van der Waals surface area contributed by atoms with Gasteiger partial charge in [0.05, 0.1) is 5.76 Å². The molecule has 0 aromatic rings. The summed E-state index contributed by atoms with van der Waals surface area (Å²) < 4.78 is 0. The van der Waals surface area contributed by atoms with Crippen LogP contribution in [-0.4, -0.2) is 11.1 Å². The minimum Gasteiger partial charge on any atom is -0.513 e. The van der Waals surface area contributed by atoms with Gasteiger partial charge in [-0.25, -0.2) is 0 Å². The second kappa shape index (κ2) is 3.77. The molecule has 1 rings (SSSR count). The van der Waals surface area contributed by atoms with Crippen LogP contribution in [-0.2, 0) is 0 Å². The number of hydrogen-bond acceptors (Lipinski definition) is 2. The van der Waals surface area contributed by atoms with Gasteiger partial charge in [-0.1, -0.05) is 6.58 Å². The molecule has 0 heterocycles. The molecule has 0 spiro atoms. The van der Waals surface area contributed by atoms with Crippen molar-refractivity contribution >= 4 is 0 Å². The molecule has 1 aliphatic carbocycles. The highest BCUT2D eigenvalue weighted by atomic mass is 16.3. The van der Waals surface area contributed by atoms with E-state index in [1.807, 2.05) is 0 Å². The first kappa shape index (κ1) is 8.60. The third kappa shape index (κ3) is 2.93. The first-order valence-electron chi connectivity index (χ1n) is 4.31. The van der Waals surface area contributed by atoms with Crippen molar-refractivity contribution in [1.82, 2.24) is 0 Å². The van der Waals surface area contributed by atoms with Gasteiger partial charge >= 0.3 is 0 Å². The Bertz CT molecular complexity index is 136. The van der Waals surface area contributed by atoms with E-state index in [4.69, 9.17) is 10.8 Å². The molecule has 0 aliphatic heterocycles. The fourth-order valence-electron chi connectivity index (χ4n) is 1.73. The SMILES string of the molecule is C=C(O)CC1CCC(N)CC1. The van der Waals surface area contributed by atoms with Crippen LogP contribution in [0.2, 0.25) is 0 Å². The quantitative estimate of drug-likeness (QED) is 0.599. The Balaban J connectivity index is 2.22. The largest absolute Gasteiger partial charge is 0.513 e. The molecule has 0 aromatic carbocycles. The van der Waals surface area contributed by atoms with Gasteiger partial charge in [-0.15, -0.1) is 0 Å². The van der Waals surface area contributed by atoms with E-state index in [2.05, 4.69) is 6.58 Å². The molecule has 2 heteroatoms. The van der Waals surface area contributed by atoms with Crippen molar-refractivity contribution in [3.8, 4) is 0 Å². The lowest BCUT2D eigenvalue weighted by Crippen LogP contribution is -2.26. The molecule has 2 nitrogen and oxygen atoms in total. The van der Waals surface area contributed by atoms with Crippen LogP contribution >= 0.6 is 0 Å². The van der Waals surface area contributed by atoms with Gasteiger partial charge in [0.1, 0.15) is 0 Å². The van der Waals surface area contributed by atoms with Crippen molar-refractivity contribution in [2.45, 2.75) is 38.1 Å². The second-order valence-electron chi connectivity index (χ2n) is 3.55. The van der Waals surface area contributed by atoms with Gasteiger partial charge in [-0.05, 0) is 31.6 Å². The summed E-state index contributed by atoms with van der Waals surface area (Å²) in [5.74, 6) is 0.956. The maximum absolute atomic E-state index is 8.94. The van der Waals surface area contributed by atoms with E-state index in [1.165, 1.54) is 0 Å². The second-order valence-corrected chi connectivity index (χ2v) is 3.55. The van der Waals surface area contributed by atoms with E-state index in [0.29, 0.717) is 17.7 Å². The molecule has 11 heavy (non-hydrogen) atoms. The highest BCUT2D eigenvalue weighted by molar-refractivity contribution is 4.85. The molecule has 0 atom stereocenters. The molecule has 0 aromatic heterocycles. The Kier molecular flexibility index (Phi) is 2.94. The van der Waals surface area contributed by atoms with Gasteiger partial charge in [0.15, 0.2) is 0 Å². The van der Waals surface area contributed by atoms with Crippen LogP contribution in [0.3, 0.4) is 0 Å². The Morgan fingerprint density at radius 2 is 1.91 bits per heavy atom. The number of hydrogen-bond donors (Lipinski definition) is 2. The van der Waals surface area contributed by atoms with E-state index in [1.54, 1.807) is 0 Å². The van der Waals surface area contributed by atoms with Gasteiger partial charge in [-0.3, -0.25) is 0 Å². The highest BCUT2D eigenvalue weighted by Crippen LogP contribution is 2.27. The third-order valence-electron chi connectivity index (χ3n) is 2.42. The van der Waals surface area contributed by atoms with Crippen molar-refractivity contribution in [3.63, 3.8) is 0 Å². The zero-order valence-electron chi connectivity index (χ0n) is 6.92. The summed E-state index contributed by atoms with van der Waals surface area (Å²) in [6.45, 7) is 3.49. The molecule has 0 unspecified atom stereocenters. The summed E-state index contributed by atoms with van der Waals surface area (Å²) in [7, 11) is 0. The normalized spacial score (nSPS) is 31.7. The number of aliphatic hydroxyl groups excluding tert-OH is 1. The minimum atomic E-state index is 0.325. The van der Waals surface area contributed by atoms with Gasteiger partial charge < -0.3 is 10.8 Å². The van der Waals surface area contributed by atoms with E-state index >= 15 is 0 Å². The van der Waals surface area contributed by atoms with Gasteiger partial charge in [-0.2, -0.15) is 0 Å². The molecular weight excluding hydrogens is 138 g/mol. The van der Waals surface area contributed by atoms with Crippen molar-refractivity contribution in [1.29, 1.82) is 0 Å². The molecule has 0 saturated heterocycles. The monoisotopic (exact) mass is 155 g/mol. The molecule has 1 aliphatic rings. The van der Waals surface area contributed by atoms with Crippen LogP contribution in [0.5, 0.6) is 0 Å². The van der Waals surface area contributed by atoms with Crippen molar-refractivity contribution in [2.24, 2.45) is 11.7 Å². The summed E-state index contributed by atoms with van der Waals surface area (Å²) in [5.41, 5.74) is 5.74. The lowest BCUT2D eigenvalue weighted by molar-refractivity contribution is 0.282. The fourth-order valence-corrected chi connectivity index (χ4v) is 1.73. The maximum Gasteiger partial charge on any atom is 0.0853 e. The first-order chi connectivity index (χ1) is 5.18. The predicted molar refractivity (Wildman–Crippen MR) is 46.3 cm³/mol. The predicted octanol–water partition coefficient (Wildman–Crippen LogP) is 1.97. The van der Waals surface area contributed by atoms with Crippen molar-refractivity contribution in [2.75, 3.05) is 0 Å². The van der Waals surface area contributed by atoms with Crippen LogP contribution in [0.15, 0.2) is 12.3 Å². The summed E-state index contributed by atoms with van der Waals surface area (Å²) in [5, 5.41) is 8.94. The van der Waals surface area contributed by atoms with Crippen LogP contribution in [0.1, 0.15) is 32.1 Å². The summed E-state index contributed by atoms with van der Waals surface area (Å²) in [4.78, 5) is 0. The molecule has 0 amide bonds. The summed E-state index contributed by atoms with van der Waals surface area (Å²) in [6, 6.07) is 0.401. The third-order valence-corrected chi connectivity index (χ3v) is 2.42. The van der Waals surface area contributed by atoms with Crippen LogP contribution in [0.4, 0.5) is 0 Å². The molecule has 0 radical (unpaired) electrons. The van der Waals surface area contributed by atoms with Crippen LogP contribution in [0.25, 0.3) is 0 Å². The van der Waals surface area contributed by atoms with E-state index in [0.717, 1.165) is 32.1 Å². The number of rotatable bonds is 2. The van der Waals surface area contributed by atoms with E-state index < -0.39 is 0 Å². The average molecular weight is 155 g/mol. The topological polar surface area (TPSA) is 46.2 Å². The summed E-state index contributed by atoms with van der Waals surface area (Å²) in [6.07, 6.45) is 5.30. The molecule has 64 valence electrons. The van der Waals surface area contributed by atoms with Gasteiger partial charge in [0, 0.05) is 12.5 Å². The molecule has 1 saturated carbocycles. The lowest BCUT2D eigenvalue weighted by atomic mass is 9.84. The van der Waals surface area contributed by atoms with Crippen molar-refractivity contribution < 1.29 is 5.11 Å². The van der Waals surface area contributed by atoms with Gasteiger partial charge in [0.25, 0.3) is 0 Å². The molecule has 3 N–H and O–H groups in total. The zero-order chi connectivity index (χ0) is 8.27. The average Bonchev–Trinajstić information content (AvgIpc) is 1.93. The van der Waals surface area contributed by atoms with E-state index in [9.17, 15) is 0 Å². The highest BCUT2D eigenvalue weighted by Gasteiger charge is 2.18. The summed E-state index contributed by atoms with van der Waals surface area (Å²) >= 11 is 0. The Hall–Kier alpha value is -0.500. The van der Waals surface area contributed by atoms with Crippen molar-refractivity contribution in [3.05, 3.63) is 12.3 Å². The Labute approximate surface area is 68.1 Å². The fraction of sp³-hybridized carbons (Fsp3) is 0.778. The standard InChI is InChI=1S/C9H17NO/c1-7(11)6-8-2-4-9(10)5-3-8/h8-9,11H,1-6,10H2. The minimum absolute atomic E-state index is 0.325. The van der Waals surface area contributed by atoms with Gasteiger partial charge in [0.2, 0.25) is 0 Å². The zero-order valence-corrected chi connectivity index (χ0v) is 6.92. The van der Waals surface area contributed by atoms with Crippen LogP contribution in [0, 0.1) is 5.92 Å². The first-order valence-corrected chi connectivity index (χ1v) is 4.31. The lowest BCUT2D eigenvalue weighted by Gasteiger charge is -2.25. The molecular formula is C9H17NO.